The van der Waals surface area contributed by atoms with E-state index >= 15 is 0 Å². The quantitative estimate of drug-likeness (QED) is 0.703. The molecule has 0 fully saturated rings. The van der Waals surface area contributed by atoms with Gasteiger partial charge in [-0.25, -0.2) is 4.68 Å². The SMILES string of the molecule is CC.Cc1ccccc1-c1c(O)c(C(C)C)nn(C(C)C)c1=O.[CH3-].[Y]. The molecule has 137 valence electrons. The zero-order chi connectivity index (χ0) is 17.7. The predicted molar refractivity (Wildman–Crippen MR) is 103 cm³/mol. The summed E-state index contributed by atoms with van der Waals surface area (Å²) in [5, 5.41) is 14.9. The van der Waals surface area contributed by atoms with E-state index in [1.165, 1.54) is 4.68 Å². The molecular weight excluding hydrogens is 389 g/mol. The van der Waals surface area contributed by atoms with Crippen molar-refractivity contribution in [1.82, 2.24) is 9.78 Å². The van der Waals surface area contributed by atoms with Crippen LogP contribution in [0.25, 0.3) is 11.1 Å². The van der Waals surface area contributed by atoms with Gasteiger partial charge in [0.05, 0.1) is 11.6 Å². The summed E-state index contributed by atoms with van der Waals surface area (Å²) in [6.45, 7) is 13.7. The van der Waals surface area contributed by atoms with Crippen molar-refractivity contribution in [2.45, 2.75) is 60.4 Å². The molecule has 2 rings (SSSR count). The van der Waals surface area contributed by atoms with Crippen molar-refractivity contribution in [3.05, 3.63) is 53.3 Å². The van der Waals surface area contributed by atoms with Crippen LogP contribution in [0.15, 0.2) is 29.1 Å². The molecule has 1 heterocycles. The molecule has 0 spiro atoms. The number of aryl methyl sites for hydroxylation is 1. The fourth-order valence-corrected chi connectivity index (χ4v) is 2.39. The maximum atomic E-state index is 12.7. The molecule has 0 unspecified atom stereocenters. The second-order valence-corrected chi connectivity index (χ2v) is 5.92. The van der Waals surface area contributed by atoms with Crippen LogP contribution >= 0.6 is 0 Å². The molecule has 0 amide bonds. The molecule has 0 aliphatic carbocycles. The number of hydrogen-bond donors (Lipinski definition) is 1. The molecule has 0 atom stereocenters. The molecule has 1 radical (unpaired) electrons. The predicted octanol–water partition coefficient (Wildman–Crippen LogP) is 5.10. The number of benzene rings is 1. The van der Waals surface area contributed by atoms with E-state index in [1.807, 2.05) is 72.7 Å². The van der Waals surface area contributed by atoms with Crippen LogP contribution in [0, 0.1) is 14.4 Å². The van der Waals surface area contributed by atoms with Crippen LogP contribution in [-0.2, 0) is 32.7 Å². The summed E-state index contributed by atoms with van der Waals surface area (Å²) in [4.78, 5) is 12.7. The normalized spacial score (nSPS) is 9.80. The van der Waals surface area contributed by atoms with Crippen molar-refractivity contribution in [2.75, 3.05) is 0 Å². The van der Waals surface area contributed by atoms with E-state index in [4.69, 9.17) is 0 Å². The second kappa shape index (κ2) is 11.6. The maximum Gasteiger partial charge on any atom is 0.278 e. The fourth-order valence-electron chi connectivity index (χ4n) is 2.39. The van der Waals surface area contributed by atoms with E-state index in [2.05, 4.69) is 5.10 Å². The van der Waals surface area contributed by atoms with Gasteiger partial charge in [0.1, 0.15) is 5.69 Å². The molecular formula is C20H31N2O2Y-. The first-order valence-electron chi connectivity index (χ1n) is 8.26. The monoisotopic (exact) mass is 420 g/mol. The summed E-state index contributed by atoms with van der Waals surface area (Å²) >= 11 is 0. The van der Waals surface area contributed by atoms with Crippen molar-refractivity contribution in [2.24, 2.45) is 0 Å². The van der Waals surface area contributed by atoms with Crippen molar-refractivity contribution in [1.29, 1.82) is 0 Å². The van der Waals surface area contributed by atoms with Gasteiger partial charge in [-0.05, 0) is 31.9 Å². The van der Waals surface area contributed by atoms with Crippen LogP contribution in [-0.4, -0.2) is 14.9 Å². The van der Waals surface area contributed by atoms with E-state index in [0.29, 0.717) is 11.3 Å². The first kappa shape index (κ1) is 26.2. The zero-order valence-electron chi connectivity index (χ0n) is 16.8. The number of rotatable bonds is 3. The largest absolute Gasteiger partial charge is 0.505 e. The smallest absolute Gasteiger partial charge is 0.278 e. The Labute approximate surface area is 177 Å². The van der Waals surface area contributed by atoms with Gasteiger partial charge in [0.15, 0.2) is 5.75 Å². The maximum absolute atomic E-state index is 12.7. The van der Waals surface area contributed by atoms with Crippen molar-refractivity contribution in [3.8, 4) is 16.9 Å². The third-order valence-corrected chi connectivity index (χ3v) is 3.57. The summed E-state index contributed by atoms with van der Waals surface area (Å²) in [5.74, 6) is 0.0413. The Hall–Kier alpha value is -0.996. The van der Waals surface area contributed by atoms with Crippen molar-refractivity contribution >= 4 is 0 Å². The Bertz CT molecular complexity index is 722. The van der Waals surface area contributed by atoms with E-state index in [9.17, 15) is 9.90 Å². The molecule has 0 saturated heterocycles. The Morgan fingerprint density at radius 2 is 1.60 bits per heavy atom. The van der Waals surface area contributed by atoms with Gasteiger partial charge in [-0.2, -0.15) is 5.10 Å². The molecule has 5 heteroatoms. The van der Waals surface area contributed by atoms with Crippen LogP contribution in [0.1, 0.15) is 64.8 Å². The third-order valence-electron chi connectivity index (χ3n) is 3.57. The van der Waals surface area contributed by atoms with Gasteiger partial charge in [0.2, 0.25) is 0 Å². The minimum atomic E-state index is -0.249. The summed E-state index contributed by atoms with van der Waals surface area (Å²) in [6, 6.07) is 7.53. The van der Waals surface area contributed by atoms with E-state index in [0.717, 1.165) is 11.1 Å². The molecule has 0 aliphatic rings. The number of aromatic nitrogens is 2. The van der Waals surface area contributed by atoms with E-state index in [-0.39, 0.29) is 63.4 Å². The van der Waals surface area contributed by atoms with Crippen molar-refractivity contribution < 1.29 is 37.8 Å². The Morgan fingerprint density at radius 3 is 2.04 bits per heavy atom. The van der Waals surface area contributed by atoms with Crippen LogP contribution in [0.5, 0.6) is 5.75 Å². The standard InChI is InChI=1S/C17H22N2O2.C2H6.CH3.Y/c1-10(2)15-16(20)14(13-9-7-6-8-12(13)5)17(21)19(18-15)11(3)4;1-2;;/h6-11,20H,1-5H3;1-2H3;1H3;/q;;-1;. The summed E-state index contributed by atoms with van der Waals surface area (Å²) < 4.78 is 1.46. The van der Waals surface area contributed by atoms with Crippen LogP contribution in [0.2, 0.25) is 0 Å². The molecule has 2 aromatic rings. The molecule has 0 bridgehead atoms. The molecule has 0 saturated carbocycles. The van der Waals surface area contributed by atoms with Gasteiger partial charge in [-0.1, -0.05) is 52.0 Å². The fraction of sp³-hybridized carbons (Fsp3) is 0.450. The summed E-state index contributed by atoms with van der Waals surface area (Å²) in [5.41, 5.74) is 2.38. The molecule has 0 aliphatic heterocycles. The van der Waals surface area contributed by atoms with E-state index in [1.54, 1.807) is 0 Å². The van der Waals surface area contributed by atoms with Gasteiger partial charge in [0, 0.05) is 38.6 Å². The average molecular weight is 420 g/mol. The number of aromatic hydroxyl groups is 1. The Kier molecular flexibility index (Phi) is 12.2. The summed E-state index contributed by atoms with van der Waals surface area (Å²) in [7, 11) is 0. The first-order chi connectivity index (χ1) is 10.8. The van der Waals surface area contributed by atoms with Crippen LogP contribution < -0.4 is 5.56 Å². The molecule has 1 aromatic carbocycles. The second-order valence-electron chi connectivity index (χ2n) is 5.92. The number of nitrogens with zero attached hydrogens (tertiary/aromatic N) is 2. The summed E-state index contributed by atoms with van der Waals surface area (Å²) in [6.07, 6.45) is 0. The number of hydrogen-bond acceptors (Lipinski definition) is 3. The Morgan fingerprint density at radius 1 is 1.08 bits per heavy atom. The molecule has 1 N–H and O–H groups in total. The zero-order valence-corrected chi connectivity index (χ0v) is 19.6. The van der Waals surface area contributed by atoms with Crippen LogP contribution in [0.3, 0.4) is 0 Å². The van der Waals surface area contributed by atoms with Gasteiger partial charge < -0.3 is 12.5 Å². The van der Waals surface area contributed by atoms with Crippen molar-refractivity contribution in [3.63, 3.8) is 0 Å². The Balaban J connectivity index is 0. The van der Waals surface area contributed by atoms with Gasteiger partial charge in [-0.15, -0.1) is 0 Å². The topological polar surface area (TPSA) is 55.1 Å². The van der Waals surface area contributed by atoms with Gasteiger partial charge >= 0.3 is 0 Å². The van der Waals surface area contributed by atoms with Gasteiger partial charge in [-0.3, -0.25) is 4.79 Å². The minimum absolute atomic E-state index is 0. The van der Waals surface area contributed by atoms with E-state index < -0.39 is 0 Å². The molecule has 25 heavy (non-hydrogen) atoms. The molecule has 4 nitrogen and oxygen atoms in total. The minimum Gasteiger partial charge on any atom is -0.505 e. The average Bonchev–Trinajstić information content (AvgIpc) is 2.50. The third kappa shape index (κ3) is 5.75. The van der Waals surface area contributed by atoms with Crippen LogP contribution in [0.4, 0.5) is 0 Å². The van der Waals surface area contributed by atoms with Gasteiger partial charge in [0.25, 0.3) is 5.56 Å². The molecule has 1 aromatic heterocycles. The first-order valence-corrected chi connectivity index (χ1v) is 8.26.